The number of amidine groups is 2. The number of thioether (sulfide) groups is 1. The molecule has 0 bridgehead atoms. The second-order valence-electron chi connectivity index (χ2n) is 8.62. The molecule has 0 saturated heterocycles. The van der Waals surface area contributed by atoms with Gasteiger partial charge in [-0.2, -0.15) is 15.1 Å². The van der Waals surface area contributed by atoms with Gasteiger partial charge in [0.1, 0.15) is 17.5 Å². The number of nitrogens with one attached hydrogen (secondary N) is 1. The van der Waals surface area contributed by atoms with E-state index in [0.717, 1.165) is 23.4 Å². The number of benzene rings is 2. The van der Waals surface area contributed by atoms with E-state index in [4.69, 9.17) is 14.9 Å². The SMILES string of the molecule is COc1cc(C=C2C(=N)N3N=C(C4CCCCC4)SC3=NC2=O)ccc1OCc1ccc(F)cc1. The lowest BCUT2D eigenvalue weighted by Gasteiger charge is -2.20. The van der Waals surface area contributed by atoms with Crippen molar-refractivity contribution >= 4 is 39.8 Å². The van der Waals surface area contributed by atoms with E-state index in [2.05, 4.69) is 10.1 Å². The topological polar surface area (TPSA) is 87.3 Å². The number of hydrogen-bond donors (Lipinski definition) is 1. The van der Waals surface area contributed by atoms with Crippen molar-refractivity contribution in [2.24, 2.45) is 16.0 Å². The summed E-state index contributed by atoms with van der Waals surface area (Å²) in [4.78, 5) is 17.0. The van der Waals surface area contributed by atoms with Crippen LogP contribution in [0, 0.1) is 17.1 Å². The van der Waals surface area contributed by atoms with Crippen LogP contribution in [0.3, 0.4) is 0 Å². The predicted molar refractivity (Wildman–Crippen MR) is 135 cm³/mol. The fourth-order valence-electron chi connectivity index (χ4n) is 4.32. The van der Waals surface area contributed by atoms with E-state index in [0.29, 0.717) is 28.1 Å². The molecule has 3 aliphatic rings. The van der Waals surface area contributed by atoms with Gasteiger partial charge < -0.3 is 9.47 Å². The molecule has 1 saturated carbocycles. The Morgan fingerprint density at radius 1 is 1.14 bits per heavy atom. The summed E-state index contributed by atoms with van der Waals surface area (Å²) in [7, 11) is 1.53. The maximum Gasteiger partial charge on any atom is 0.283 e. The van der Waals surface area contributed by atoms with Gasteiger partial charge in [0, 0.05) is 5.92 Å². The van der Waals surface area contributed by atoms with Crippen LogP contribution >= 0.6 is 11.8 Å². The van der Waals surface area contributed by atoms with Crippen LogP contribution in [0.5, 0.6) is 11.5 Å². The number of methoxy groups -OCH3 is 1. The Morgan fingerprint density at radius 2 is 1.91 bits per heavy atom. The molecule has 0 unspecified atom stereocenters. The fourth-order valence-corrected chi connectivity index (χ4v) is 5.38. The van der Waals surface area contributed by atoms with Crippen molar-refractivity contribution in [2.45, 2.75) is 38.7 Å². The molecule has 180 valence electrons. The van der Waals surface area contributed by atoms with Crippen molar-refractivity contribution in [1.82, 2.24) is 5.01 Å². The molecule has 0 atom stereocenters. The third-order valence-electron chi connectivity index (χ3n) is 6.23. The van der Waals surface area contributed by atoms with Crippen molar-refractivity contribution in [1.29, 1.82) is 5.41 Å². The molecule has 0 aromatic heterocycles. The molecule has 5 rings (SSSR count). The predicted octanol–water partition coefficient (Wildman–Crippen LogP) is 5.61. The van der Waals surface area contributed by atoms with E-state index in [1.807, 2.05) is 0 Å². The monoisotopic (exact) mass is 492 g/mol. The average Bonchev–Trinajstić information content (AvgIpc) is 3.31. The zero-order valence-electron chi connectivity index (χ0n) is 19.3. The number of nitrogens with zero attached hydrogens (tertiary/aromatic N) is 3. The molecule has 0 spiro atoms. The normalized spacial score (nSPS) is 19.5. The Bertz CT molecular complexity index is 1250. The van der Waals surface area contributed by atoms with Gasteiger partial charge in [0.2, 0.25) is 5.17 Å². The zero-order valence-corrected chi connectivity index (χ0v) is 20.1. The first-order chi connectivity index (χ1) is 17.0. The standard InChI is InChI=1S/C26H25FN4O3S/c1-33-22-14-17(9-12-21(22)34-15-16-7-10-19(27)11-8-16)13-20-23(28)31-26(29-24(20)32)35-25(30-31)18-5-3-2-4-6-18/h7-14,18,28H,2-6,15H2,1H3. The van der Waals surface area contributed by atoms with Gasteiger partial charge in [0.25, 0.3) is 5.91 Å². The first-order valence-corrected chi connectivity index (χ1v) is 12.4. The van der Waals surface area contributed by atoms with Crippen LogP contribution in [0.15, 0.2) is 58.1 Å². The highest BCUT2D eigenvalue weighted by atomic mass is 32.2. The van der Waals surface area contributed by atoms with Gasteiger partial charge in [-0.25, -0.2) is 4.39 Å². The van der Waals surface area contributed by atoms with Gasteiger partial charge in [-0.05, 0) is 66.1 Å². The minimum atomic E-state index is -0.454. The molecule has 35 heavy (non-hydrogen) atoms. The first kappa shape index (κ1) is 23.3. The summed E-state index contributed by atoms with van der Waals surface area (Å²) in [5.74, 6) is 0.644. The molecular formula is C26H25FN4O3S. The van der Waals surface area contributed by atoms with Crippen molar-refractivity contribution in [3.05, 3.63) is 65.0 Å². The number of halogens is 1. The first-order valence-electron chi connectivity index (χ1n) is 11.6. The lowest BCUT2D eigenvalue weighted by atomic mass is 9.90. The molecule has 2 aromatic carbocycles. The number of aliphatic imine (C=N–C) groups is 1. The van der Waals surface area contributed by atoms with Crippen LogP contribution in [-0.4, -0.2) is 34.1 Å². The molecule has 1 aliphatic carbocycles. The smallest absolute Gasteiger partial charge is 0.283 e. The van der Waals surface area contributed by atoms with Gasteiger partial charge in [-0.3, -0.25) is 10.2 Å². The Morgan fingerprint density at radius 3 is 2.66 bits per heavy atom. The number of fused-ring (bicyclic) bond motifs is 1. The van der Waals surface area contributed by atoms with E-state index < -0.39 is 5.91 Å². The quantitative estimate of drug-likeness (QED) is 0.530. The molecular weight excluding hydrogens is 467 g/mol. The highest BCUT2D eigenvalue weighted by Crippen LogP contribution is 2.36. The lowest BCUT2D eigenvalue weighted by molar-refractivity contribution is -0.114. The molecule has 1 amide bonds. The number of carbonyl (C=O) groups is 1. The van der Waals surface area contributed by atoms with Crippen molar-refractivity contribution in [3.63, 3.8) is 0 Å². The van der Waals surface area contributed by atoms with Gasteiger partial charge in [0.15, 0.2) is 17.3 Å². The highest BCUT2D eigenvalue weighted by molar-refractivity contribution is 8.27. The van der Waals surface area contributed by atoms with Crippen LogP contribution in [0.2, 0.25) is 0 Å². The minimum Gasteiger partial charge on any atom is -0.493 e. The largest absolute Gasteiger partial charge is 0.493 e. The summed E-state index contributed by atoms with van der Waals surface area (Å²) in [6.45, 7) is 0.256. The lowest BCUT2D eigenvalue weighted by Crippen LogP contribution is -2.35. The summed E-state index contributed by atoms with van der Waals surface area (Å²) in [6.07, 6.45) is 7.42. The van der Waals surface area contributed by atoms with E-state index in [9.17, 15) is 9.18 Å². The zero-order chi connectivity index (χ0) is 24.4. The molecule has 0 radical (unpaired) electrons. The summed E-state index contributed by atoms with van der Waals surface area (Å²) in [5, 5.41) is 16.2. The number of rotatable bonds is 6. The highest BCUT2D eigenvalue weighted by Gasteiger charge is 2.37. The van der Waals surface area contributed by atoms with E-state index in [1.54, 1.807) is 36.4 Å². The third kappa shape index (κ3) is 5.00. The van der Waals surface area contributed by atoms with Crippen LogP contribution in [-0.2, 0) is 11.4 Å². The maximum atomic E-state index is 13.1. The van der Waals surface area contributed by atoms with E-state index >= 15 is 0 Å². The van der Waals surface area contributed by atoms with Crippen molar-refractivity contribution in [2.75, 3.05) is 7.11 Å². The average molecular weight is 493 g/mol. The summed E-state index contributed by atoms with van der Waals surface area (Å²) < 4.78 is 24.4. The van der Waals surface area contributed by atoms with Gasteiger partial charge in [-0.1, -0.05) is 37.5 Å². The minimum absolute atomic E-state index is 0.0221. The van der Waals surface area contributed by atoms with Crippen LogP contribution in [0.25, 0.3) is 6.08 Å². The Hall–Kier alpha value is -3.46. The molecule has 2 aliphatic heterocycles. The van der Waals surface area contributed by atoms with Crippen LogP contribution < -0.4 is 9.47 Å². The van der Waals surface area contributed by atoms with E-state index in [1.165, 1.54) is 55.3 Å². The molecule has 2 heterocycles. The number of amides is 1. The fraction of sp³-hybridized carbons (Fsp3) is 0.308. The van der Waals surface area contributed by atoms with Gasteiger partial charge in [-0.15, -0.1) is 0 Å². The molecule has 9 heteroatoms. The maximum absolute atomic E-state index is 13.1. The van der Waals surface area contributed by atoms with E-state index in [-0.39, 0.29) is 23.8 Å². The Labute approximate surface area is 207 Å². The number of ether oxygens (including phenoxy) is 2. The van der Waals surface area contributed by atoms with Crippen molar-refractivity contribution < 1.29 is 18.7 Å². The third-order valence-corrected chi connectivity index (χ3v) is 7.30. The van der Waals surface area contributed by atoms with Crippen LogP contribution in [0.1, 0.15) is 43.2 Å². The summed E-state index contributed by atoms with van der Waals surface area (Å²) >= 11 is 1.41. The molecule has 2 aromatic rings. The molecule has 7 nitrogen and oxygen atoms in total. The number of hydrogen-bond acceptors (Lipinski definition) is 6. The molecule has 1 N–H and O–H groups in total. The summed E-state index contributed by atoms with van der Waals surface area (Å²) in [6, 6.07) is 11.4. The summed E-state index contributed by atoms with van der Waals surface area (Å²) in [5.41, 5.74) is 1.67. The Balaban J connectivity index is 1.34. The Kier molecular flexibility index (Phi) is 6.68. The number of hydrazone groups is 1. The van der Waals surface area contributed by atoms with Gasteiger partial charge in [0.05, 0.1) is 12.7 Å². The second kappa shape index (κ2) is 10.0. The van der Waals surface area contributed by atoms with Gasteiger partial charge >= 0.3 is 0 Å². The van der Waals surface area contributed by atoms with Crippen molar-refractivity contribution in [3.8, 4) is 11.5 Å². The second-order valence-corrected chi connectivity index (χ2v) is 9.61. The van der Waals surface area contributed by atoms with Crippen LogP contribution in [0.4, 0.5) is 4.39 Å². The molecule has 1 fully saturated rings. The number of carbonyl (C=O) groups excluding carboxylic acids is 1.